The Labute approximate surface area is 185 Å². The molecule has 158 valence electrons. The quantitative estimate of drug-likeness (QED) is 0.405. The zero-order chi connectivity index (χ0) is 21.4. The highest BCUT2D eigenvalue weighted by atomic mass is 35.5. The number of nitrogens with one attached hydrogen (secondary N) is 1. The number of anilines is 1. The van der Waals surface area contributed by atoms with E-state index in [-0.39, 0.29) is 39.6 Å². The third-order valence-electron chi connectivity index (χ3n) is 3.86. The number of benzene rings is 2. The van der Waals surface area contributed by atoms with Gasteiger partial charge in [0, 0.05) is 13.0 Å². The lowest BCUT2D eigenvalue weighted by molar-refractivity contribution is -0.121. The molecule has 0 saturated carbocycles. The minimum atomic E-state index is -3.62. The third-order valence-corrected chi connectivity index (χ3v) is 6.06. The first-order chi connectivity index (χ1) is 13.7. The van der Waals surface area contributed by atoms with Gasteiger partial charge in [-0.3, -0.25) is 9.10 Å². The summed E-state index contributed by atoms with van der Waals surface area (Å²) in [6.07, 6.45) is 1.51. The standard InChI is InChI=1S/C19H21Cl3N2O4S/c1-29(26,27)24(18-13-16(21)15(20)12-17(18)22)10-5-8-19(25)23-9-11-28-14-6-3-2-4-7-14/h2-4,6-7,12-13H,5,8-11H2,1H3,(H,23,25). The van der Waals surface area contributed by atoms with Crippen molar-refractivity contribution in [3.05, 3.63) is 57.5 Å². The van der Waals surface area contributed by atoms with Crippen molar-refractivity contribution in [2.45, 2.75) is 12.8 Å². The second kappa shape index (κ2) is 10.9. The number of ether oxygens (including phenoxy) is 1. The van der Waals surface area contributed by atoms with Crippen molar-refractivity contribution in [2.75, 3.05) is 30.3 Å². The van der Waals surface area contributed by atoms with E-state index in [2.05, 4.69) is 5.32 Å². The van der Waals surface area contributed by atoms with Crippen LogP contribution in [0.2, 0.25) is 15.1 Å². The number of nitrogens with zero attached hydrogens (tertiary/aromatic N) is 1. The van der Waals surface area contributed by atoms with Crippen molar-refractivity contribution < 1.29 is 17.9 Å². The van der Waals surface area contributed by atoms with Crippen LogP contribution >= 0.6 is 34.8 Å². The van der Waals surface area contributed by atoms with Gasteiger partial charge in [0.2, 0.25) is 15.9 Å². The first kappa shape index (κ1) is 23.6. The number of hydrogen-bond donors (Lipinski definition) is 1. The fraction of sp³-hybridized carbons (Fsp3) is 0.316. The largest absolute Gasteiger partial charge is 0.492 e. The van der Waals surface area contributed by atoms with Gasteiger partial charge in [-0.05, 0) is 30.7 Å². The molecule has 0 aromatic heterocycles. The number of rotatable bonds is 10. The Kier molecular flexibility index (Phi) is 8.89. The Bertz CT molecular complexity index is 940. The summed E-state index contributed by atoms with van der Waals surface area (Å²) in [5.74, 6) is 0.527. The van der Waals surface area contributed by atoms with E-state index in [1.165, 1.54) is 12.1 Å². The molecule has 0 radical (unpaired) electrons. The van der Waals surface area contributed by atoms with E-state index in [0.717, 1.165) is 16.3 Å². The summed E-state index contributed by atoms with van der Waals surface area (Å²) in [5.41, 5.74) is 0.222. The highest BCUT2D eigenvalue weighted by Crippen LogP contribution is 2.35. The number of hydrogen-bond acceptors (Lipinski definition) is 4. The molecule has 0 aliphatic heterocycles. The lowest BCUT2D eigenvalue weighted by Crippen LogP contribution is -2.33. The fourth-order valence-corrected chi connectivity index (χ4v) is 4.18. The van der Waals surface area contributed by atoms with E-state index in [4.69, 9.17) is 39.5 Å². The van der Waals surface area contributed by atoms with Gasteiger partial charge in [-0.2, -0.15) is 0 Å². The normalized spacial score (nSPS) is 11.2. The van der Waals surface area contributed by atoms with Gasteiger partial charge in [-0.15, -0.1) is 0 Å². The second-order valence-electron chi connectivity index (χ2n) is 6.17. The first-order valence-corrected chi connectivity index (χ1v) is 11.7. The minimum absolute atomic E-state index is 0.0739. The highest BCUT2D eigenvalue weighted by molar-refractivity contribution is 7.92. The number of amides is 1. The van der Waals surface area contributed by atoms with Crippen LogP contribution in [0.4, 0.5) is 5.69 Å². The van der Waals surface area contributed by atoms with E-state index in [0.29, 0.717) is 19.6 Å². The van der Waals surface area contributed by atoms with Crippen LogP contribution in [0.3, 0.4) is 0 Å². The molecule has 2 rings (SSSR count). The van der Waals surface area contributed by atoms with Crippen LogP contribution in [0.15, 0.2) is 42.5 Å². The van der Waals surface area contributed by atoms with Crippen molar-refractivity contribution in [3.63, 3.8) is 0 Å². The van der Waals surface area contributed by atoms with Crippen molar-refractivity contribution in [1.29, 1.82) is 0 Å². The van der Waals surface area contributed by atoms with Crippen LogP contribution in [0.1, 0.15) is 12.8 Å². The lowest BCUT2D eigenvalue weighted by Gasteiger charge is -2.24. The Morgan fingerprint density at radius 2 is 1.72 bits per heavy atom. The Hall–Kier alpha value is -1.67. The zero-order valence-corrected chi connectivity index (χ0v) is 18.8. The summed E-state index contributed by atoms with van der Waals surface area (Å²) in [6.45, 7) is 0.761. The summed E-state index contributed by atoms with van der Waals surface area (Å²) >= 11 is 18.0. The van der Waals surface area contributed by atoms with Gasteiger partial charge in [0.25, 0.3) is 0 Å². The summed E-state index contributed by atoms with van der Waals surface area (Å²) < 4.78 is 31.0. The smallest absolute Gasteiger partial charge is 0.232 e. The molecule has 0 fully saturated rings. The van der Waals surface area contributed by atoms with Crippen LogP contribution in [-0.4, -0.2) is 40.3 Å². The highest BCUT2D eigenvalue weighted by Gasteiger charge is 2.21. The topological polar surface area (TPSA) is 75.7 Å². The van der Waals surface area contributed by atoms with Gasteiger partial charge in [-0.25, -0.2) is 8.42 Å². The number of carbonyl (C=O) groups is 1. The predicted octanol–water partition coefficient (Wildman–Crippen LogP) is 4.39. The first-order valence-electron chi connectivity index (χ1n) is 8.75. The maximum atomic E-state index is 12.2. The molecule has 0 saturated heterocycles. The van der Waals surface area contributed by atoms with Crippen LogP contribution < -0.4 is 14.4 Å². The van der Waals surface area contributed by atoms with Crippen molar-refractivity contribution >= 4 is 56.4 Å². The van der Waals surface area contributed by atoms with E-state index >= 15 is 0 Å². The minimum Gasteiger partial charge on any atom is -0.492 e. The number of sulfonamides is 1. The molecule has 0 bridgehead atoms. The average molecular weight is 480 g/mol. The number of halogens is 3. The molecular weight excluding hydrogens is 459 g/mol. The van der Waals surface area contributed by atoms with Gasteiger partial charge in [0.1, 0.15) is 12.4 Å². The lowest BCUT2D eigenvalue weighted by atomic mass is 10.2. The van der Waals surface area contributed by atoms with Crippen LogP contribution in [0.25, 0.3) is 0 Å². The zero-order valence-electron chi connectivity index (χ0n) is 15.7. The molecular formula is C19H21Cl3N2O4S. The molecule has 10 heteroatoms. The molecule has 1 amide bonds. The Balaban J connectivity index is 1.84. The SMILES string of the molecule is CS(=O)(=O)N(CCCC(=O)NCCOc1ccccc1)c1cc(Cl)c(Cl)cc1Cl. The Morgan fingerprint density at radius 3 is 2.38 bits per heavy atom. The van der Waals surface area contributed by atoms with Crippen LogP contribution in [0, 0.1) is 0 Å². The van der Waals surface area contributed by atoms with Crippen molar-refractivity contribution in [2.24, 2.45) is 0 Å². The molecule has 0 unspecified atom stereocenters. The molecule has 29 heavy (non-hydrogen) atoms. The molecule has 6 nitrogen and oxygen atoms in total. The summed E-state index contributed by atoms with van der Waals surface area (Å²) in [6, 6.07) is 12.1. The third kappa shape index (κ3) is 7.59. The predicted molar refractivity (Wildman–Crippen MR) is 118 cm³/mol. The van der Waals surface area contributed by atoms with E-state index in [1.54, 1.807) is 0 Å². The maximum Gasteiger partial charge on any atom is 0.232 e. The van der Waals surface area contributed by atoms with Gasteiger partial charge in [0.15, 0.2) is 0 Å². The summed E-state index contributed by atoms with van der Waals surface area (Å²) in [4.78, 5) is 12.0. The van der Waals surface area contributed by atoms with Gasteiger partial charge in [0.05, 0.1) is 33.6 Å². The van der Waals surface area contributed by atoms with Crippen LogP contribution in [-0.2, 0) is 14.8 Å². The monoisotopic (exact) mass is 478 g/mol. The van der Waals surface area contributed by atoms with E-state index < -0.39 is 10.0 Å². The fourth-order valence-electron chi connectivity index (χ4n) is 2.52. The number of para-hydroxylation sites is 1. The number of carbonyl (C=O) groups excluding carboxylic acids is 1. The Morgan fingerprint density at radius 1 is 1.07 bits per heavy atom. The molecule has 0 heterocycles. The summed E-state index contributed by atoms with van der Waals surface area (Å²) in [5, 5.41) is 3.31. The van der Waals surface area contributed by atoms with Gasteiger partial charge >= 0.3 is 0 Å². The second-order valence-corrected chi connectivity index (χ2v) is 9.30. The summed E-state index contributed by atoms with van der Waals surface area (Å²) in [7, 11) is -3.62. The van der Waals surface area contributed by atoms with Gasteiger partial charge < -0.3 is 10.1 Å². The molecule has 0 aliphatic rings. The van der Waals surface area contributed by atoms with Gasteiger partial charge in [-0.1, -0.05) is 53.0 Å². The maximum absolute atomic E-state index is 12.2. The molecule has 2 aromatic carbocycles. The molecule has 0 atom stereocenters. The molecule has 0 aliphatic carbocycles. The molecule has 1 N–H and O–H groups in total. The van der Waals surface area contributed by atoms with E-state index in [1.807, 2.05) is 30.3 Å². The van der Waals surface area contributed by atoms with Crippen molar-refractivity contribution in [1.82, 2.24) is 5.32 Å². The van der Waals surface area contributed by atoms with Crippen LogP contribution in [0.5, 0.6) is 5.75 Å². The molecule has 2 aromatic rings. The average Bonchev–Trinajstić information content (AvgIpc) is 2.66. The van der Waals surface area contributed by atoms with Crippen molar-refractivity contribution in [3.8, 4) is 5.75 Å². The molecule has 0 spiro atoms. The van der Waals surface area contributed by atoms with E-state index in [9.17, 15) is 13.2 Å².